The summed E-state index contributed by atoms with van der Waals surface area (Å²) in [6.07, 6.45) is 2.23. The molecule has 0 bridgehead atoms. The Kier molecular flexibility index (Phi) is 3.14. The minimum atomic E-state index is 0.109. The number of H-pyrrole nitrogens is 1. The Labute approximate surface area is 116 Å². The predicted molar refractivity (Wildman–Crippen MR) is 75.3 cm³/mol. The number of hydrogen-bond acceptors (Lipinski definition) is 3. The van der Waals surface area contributed by atoms with Crippen LogP contribution >= 0.6 is 11.3 Å². The summed E-state index contributed by atoms with van der Waals surface area (Å²) in [5.41, 5.74) is 3.60. The number of nitrogens with zero attached hydrogens (tertiary/aromatic N) is 2. The fourth-order valence-electron chi connectivity index (χ4n) is 2.34. The number of nitrogens with one attached hydrogen (secondary N) is 1. The van der Waals surface area contributed by atoms with Gasteiger partial charge in [0.2, 0.25) is 0 Å². The van der Waals surface area contributed by atoms with Crippen LogP contribution < -0.4 is 0 Å². The number of aromatic amines is 1. The van der Waals surface area contributed by atoms with E-state index in [1.165, 1.54) is 5.56 Å². The van der Waals surface area contributed by atoms with E-state index in [0.29, 0.717) is 12.6 Å². The van der Waals surface area contributed by atoms with Crippen LogP contribution in [0.2, 0.25) is 0 Å². The fourth-order valence-corrected chi connectivity index (χ4v) is 3.00. The highest BCUT2D eigenvalue weighted by molar-refractivity contribution is 7.07. The molecular weight excluding hydrogens is 258 g/mol. The Balaban J connectivity index is 1.86. The van der Waals surface area contributed by atoms with Gasteiger partial charge in [0.1, 0.15) is 0 Å². The molecule has 2 aromatic heterocycles. The molecule has 0 atom stereocenters. The average Bonchev–Trinajstić information content (AvgIpc) is 2.99. The number of aromatic nitrogens is 2. The highest BCUT2D eigenvalue weighted by atomic mass is 32.1. The van der Waals surface area contributed by atoms with Crippen molar-refractivity contribution in [2.45, 2.75) is 39.3 Å². The second kappa shape index (κ2) is 4.81. The number of carbonyl (C=O) groups excluding carboxylic acids is 1. The van der Waals surface area contributed by atoms with E-state index in [1.807, 2.05) is 18.7 Å². The number of carbonyl (C=O) groups is 1. The molecule has 0 spiro atoms. The van der Waals surface area contributed by atoms with Crippen molar-refractivity contribution in [1.29, 1.82) is 0 Å². The zero-order chi connectivity index (χ0) is 13.4. The minimum Gasteiger partial charge on any atom is -0.331 e. The van der Waals surface area contributed by atoms with Crippen LogP contribution in [0.15, 0.2) is 16.8 Å². The van der Waals surface area contributed by atoms with E-state index in [0.717, 1.165) is 29.8 Å². The van der Waals surface area contributed by atoms with E-state index in [2.05, 4.69) is 27.0 Å². The molecule has 1 saturated carbocycles. The van der Waals surface area contributed by atoms with Crippen molar-refractivity contribution in [3.8, 4) is 0 Å². The van der Waals surface area contributed by atoms with Gasteiger partial charge in [-0.3, -0.25) is 9.89 Å². The van der Waals surface area contributed by atoms with Gasteiger partial charge in [-0.25, -0.2) is 0 Å². The first-order chi connectivity index (χ1) is 9.16. The van der Waals surface area contributed by atoms with Gasteiger partial charge >= 0.3 is 0 Å². The van der Waals surface area contributed by atoms with E-state index < -0.39 is 0 Å². The van der Waals surface area contributed by atoms with Crippen molar-refractivity contribution in [3.05, 3.63) is 39.3 Å². The van der Waals surface area contributed by atoms with Crippen molar-refractivity contribution < 1.29 is 4.79 Å². The summed E-state index contributed by atoms with van der Waals surface area (Å²) in [5, 5.41) is 11.2. The molecule has 0 aliphatic heterocycles. The largest absolute Gasteiger partial charge is 0.331 e. The van der Waals surface area contributed by atoms with Crippen LogP contribution in [-0.2, 0) is 6.54 Å². The van der Waals surface area contributed by atoms with Crippen LogP contribution in [0, 0.1) is 13.8 Å². The molecule has 2 aromatic rings. The van der Waals surface area contributed by atoms with Gasteiger partial charge in [0, 0.05) is 18.3 Å². The van der Waals surface area contributed by atoms with E-state index in [9.17, 15) is 4.79 Å². The summed E-state index contributed by atoms with van der Waals surface area (Å²) >= 11 is 1.67. The maximum absolute atomic E-state index is 12.7. The molecule has 0 aromatic carbocycles. The van der Waals surface area contributed by atoms with E-state index in [-0.39, 0.29) is 5.91 Å². The number of amides is 1. The highest BCUT2D eigenvalue weighted by Crippen LogP contribution is 2.31. The summed E-state index contributed by atoms with van der Waals surface area (Å²) < 4.78 is 0. The number of aryl methyl sites for hydroxylation is 2. The average molecular weight is 275 g/mol. The van der Waals surface area contributed by atoms with Gasteiger partial charge in [0.15, 0.2) is 0 Å². The van der Waals surface area contributed by atoms with Gasteiger partial charge in [-0.15, -0.1) is 0 Å². The lowest BCUT2D eigenvalue weighted by atomic mass is 10.1. The molecule has 2 heterocycles. The van der Waals surface area contributed by atoms with Crippen LogP contribution in [0.4, 0.5) is 0 Å². The zero-order valence-corrected chi connectivity index (χ0v) is 12.0. The molecule has 1 N–H and O–H groups in total. The smallest absolute Gasteiger partial charge is 0.258 e. The molecule has 4 nitrogen and oxygen atoms in total. The van der Waals surface area contributed by atoms with Crippen molar-refractivity contribution in [1.82, 2.24) is 15.1 Å². The molecule has 3 rings (SSSR count). The first-order valence-corrected chi connectivity index (χ1v) is 7.44. The SMILES string of the molecule is Cc1n[nH]c(C)c1C(=O)N(Cc1ccsc1)C1CC1. The number of hydrogen-bond donors (Lipinski definition) is 1. The van der Waals surface area contributed by atoms with Crippen LogP contribution in [-0.4, -0.2) is 27.0 Å². The Bertz CT molecular complexity index is 564. The Morgan fingerprint density at radius 2 is 2.32 bits per heavy atom. The Hall–Kier alpha value is -1.62. The maximum Gasteiger partial charge on any atom is 0.258 e. The Morgan fingerprint density at radius 1 is 1.53 bits per heavy atom. The molecule has 5 heteroatoms. The lowest BCUT2D eigenvalue weighted by Gasteiger charge is -2.22. The summed E-state index contributed by atoms with van der Waals surface area (Å²) in [6, 6.07) is 2.49. The van der Waals surface area contributed by atoms with Crippen molar-refractivity contribution in [2.24, 2.45) is 0 Å². The van der Waals surface area contributed by atoms with Gasteiger partial charge in [-0.1, -0.05) is 0 Å². The second-order valence-electron chi connectivity index (χ2n) is 5.10. The van der Waals surface area contributed by atoms with Crippen LogP contribution in [0.5, 0.6) is 0 Å². The van der Waals surface area contributed by atoms with Gasteiger partial charge in [0.25, 0.3) is 5.91 Å². The maximum atomic E-state index is 12.7. The molecular formula is C14H17N3OS. The summed E-state index contributed by atoms with van der Waals surface area (Å²) in [7, 11) is 0. The third-order valence-corrected chi connectivity index (χ3v) is 4.26. The van der Waals surface area contributed by atoms with Crippen LogP contribution in [0.25, 0.3) is 0 Å². The molecule has 1 amide bonds. The standard InChI is InChI=1S/C14H17N3OS/c1-9-13(10(2)16-15-9)14(18)17(12-3-4-12)7-11-5-6-19-8-11/h5-6,8,12H,3-4,7H2,1-2H3,(H,15,16). The lowest BCUT2D eigenvalue weighted by Crippen LogP contribution is -2.33. The Morgan fingerprint density at radius 3 is 2.84 bits per heavy atom. The molecule has 0 radical (unpaired) electrons. The summed E-state index contributed by atoms with van der Waals surface area (Å²) in [6.45, 7) is 4.49. The molecule has 19 heavy (non-hydrogen) atoms. The molecule has 1 aliphatic rings. The molecule has 0 saturated heterocycles. The highest BCUT2D eigenvalue weighted by Gasteiger charge is 2.34. The molecule has 1 fully saturated rings. The van der Waals surface area contributed by atoms with Gasteiger partial charge in [-0.2, -0.15) is 16.4 Å². The van der Waals surface area contributed by atoms with Crippen molar-refractivity contribution in [3.63, 3.8) is 0 Å². The van der Waals surface area contributed by atoms with Gasteiger partial charge in [0.05, 0.1) is 11.3 Å². The first kappa shape index (κ1) is 12.4. The summed E-state index contributed by atoms with van der Waals surface area (Å²) in [5.74, 6) is 0.109. The molecule has 100 valence electrons. The fraction of sp³-hybridized carbons (Fsp3) is 0.429. The minimum absolute atomic E-state index is 0.109. The van der Waals surface area contributed by atoms with Gasteiger partial charge in [-0.05, 0) is 49.1 Å². The van der Waals surface area contributed by atoms with E-state index >= 15 is 0 Å². The monoisotopic (exact) mass is 275 g/mol. The zero-order valence-electron chi connectivity index (χ0n) is 11.1. The summed E-state index contributed by atoms with van der Waals surface area (Å²) in [4.78, 5) is 14.7. The van der Waals surface area contributed by atoms with Crippen molar-refractivity contribution in [2.75, 3.05) is 0 Å². The van der Waals surface area contributed by atoms with Gasteiger partial charge < -0.3 is 4.90 Å². The number of rotatable bonds is 4. The topological polar surface area (TPSA) is 49.0 Å². The van der Waals surface area contributed by atoms with Crippen molar-refractivity contribution >= 4 is 17.2 Å². The predicted octanol–water partition coefficient (Wildman–Crippen LogP) is 2.89. The lowest BCUT2D eigenvalue weighted by molar-refractivity contribution is 0.0728. The normalized spacial score (nSPS) is 14.6. The first-order valence-electron chi connectivity index (χ1n) is 6.50. The van der Waals surface area contributed by atoms with Crippen LogP contribution in [0.3, 0.4) is 0 Å². The molecule has 1 aliphatic carbocycles. The molecule has 0 unspecified atom stereocenters. The van der Waals surface area contributed by atoms with E-state index in [4.69, 9.17) is 0 Å². The second-order valence-corrected chi connectivity index (χ2v) is 5.88. The quantitative estimate of drug-likeness (QED) is 0.932. The number of thiophene rings is 1. The van der Waals surface area contributed by atoms with E-state index in [1.54, 1.807) is 11.3 Å². The third kappa shape index (κ3) is 2.42. The van der Waals surface area contributed by atoms with Crippen LogP contribution in [0.1, 0.15) is 40.2 Å². The third-order valence-electron chi connectivity index (χ3n) is 3.52.